The minimum absolute atomic E-state index is 0.544. The second kappa shape index (κ2) is 7.49. The van der Waals surface area contributed by atoms with Gasteiger partial charge in [-0.25, -0.2) is 9.59 Å². The van der Waals surface area contributed by atoms with Gasteiger partial charge in [0.2, 0.25) is 0 Å². The van der Waals surface area contributed by atoms with E-state index in [2.05, 4.69) is 14.8 Å². The van der Waals surface area contributed by atoms with Crippen molar-refractivity contribution in [1.29, 1.82) is 0 Å². The summed E-state index contributed by atoms with van der Waals surface area (Å²) in [5.41, 5.74) is -2.24. The van der Waals surface area contributed by atoms with E-state index in [4.69, 9.17) is 0 Å². The first kappa shape index (κ1) is 19.0. The Morgan fingerprint density at radius 1 is 1.17 bits per heavy atom. The Kier molecular flexibility index (Phi) is 5.93. The maximum atomic E-state index is 12.7. The van der Waals surface area contributed by atoms with E-state index in [0.717, 1.165) is 32.4 Å². The fraction of sp³-hybridized carbons (Fsp3) is 0.214. The zero-order valence-corrected chi connectivity index (χ0v) is 12.4. The van der Waals surface area contributed by atoms with Crippen LogP contribution in [0.15, 0.2) is 30.0 Å². The molecule has 0 saturated heterocycles. The summed E-state index contributed by atoms with van der Waals surface area (Å²) in [6, 6.07) is 3.01. The van der Waals surface area contributed by atoms with E-state index < -0.39 is 46.6 Å². The Balaban J connectivity index is 3.38. The van der Waals surface area contributed by atoms with Crippen LogP contribution in [0.5, 0.6) is 5.75 Å². The Labute approximate surface area is 133 Å². The first-order chi connectivity index (χ1) is 11.1. The molecule has 0 aliphatic rings. The van der Waals surface area contributed by atoms with E-state index in [-0.39, 0.29) is 0 Å². The predicted molar refractivity (Wildman–Crippen MR) is 74.2 cm³/mol. The zero-order chi connectivity index (χ0) is 18.5. The van der Waals surface area contributed by atoms with Crippen molar-refractivity contribution in [3.63, 3.8) is 0 Å². The van der Waals surface area contributed by atoms with Gasteiger partial charge in [0.15, 0.2) is 0 Å². The maximum absolute atomic E-state index is 12.7. The van der Waals surface area contributed by atoms with Gasteiger partial charge in [0, 0.05) is 0 Å². The van der Waals surface area contributed by atoms with Crippen LogP contribution in [0.2, 0.25) is 0 Å². The minimum atomic E-state index is -5.26. The van der Waals surface area contributed by atoms with E-state index in [0.29, 0.717) is 6.08 Å². The number of benzene rings is 1. The molecule has 7 nitrogen and oxygen atoms in total. The van der Waals surface area contributed by atoms with E-state index >= 15 is 0 Å². The lowest BCUT2D eigenvalue weighted by molar-refractivity contribution is -0.138. The number of ketones is 1. The van der Waals surface area contributed by atoms with Crippen molar-refractivity contribution in [3.05, 3.63) is 35.5 Å². The fourth-order valence-electron chi connectivity index (χ4n) is 1.60. The normalized spacial score (nSPS) is 11.6. The number of nitrogens with one attached hydrogen (secondary N) is 1. The molecule has 0 aliphatic carbocycles. The molecule has 0 aromatic heterocycles. The molecule has 0 amide bonds. The highest BCUT2D eigenvalue weighted by molar-refractivity contribution is 6.08. The number of alkyl halides is 3. The number of methoxy groups -OCH3 is 2. The molecule has 0 unspecified atom stereocenters. The van der Waals surface area contributed by atoms with Gasteiger partial charge in [0.25, 0.3) is 5.78 Å². The van der Waals surface area contributed by atoms with Gasteiger partial charge in [-0.2, -0.15) is 13.2 Å². The van der Waals surface area contributed by atoms with Crippen LogP contribution < -0.4 is 5.32 Å². The Hall–Kier alpha value is -3.04. The van der Waals surface area contributed by atoms with Gasteiger partial charge >= 0.3 is 18.1 Å². The first-order valence-electron chi connectivity index (χ1n) is 6.20. The summed E-state index contributed by atoms with van der Waals surface area (Å²) in [5, 5.41) is 11.7. The second-order valence-electron chi connectivity index (χ2n) is 4.22. The summed E-state index contributed by atoms with van der Waals surface area (Å²) >= 11 is 0. The van der Waals surface area contributed by atoms with Gasteiger partial charge in [-0.15, -0.1) is 0 Å². The van der Waals surface area contributed by atoms with Gasteiger partial charge in [0.1, 0.15) is 11.4 Å². The SMILES string of the molecule is COC(=O)/C=C(/Nc1cccc(O)c1C(=O)C(F)(F)F)C(=O)OC. The molecule has 0 atom stereocenters. The molecular weight excluding hydrogens is 335 g/mol. The number of Topliss-reactive ketones (excluding diaryl/α,β-unsaturated/α-hetero) is 1. The molecule has 130 valence electrons. The topological polar surface area (TPSA) is 102 Å². The quantitative estimate of drug-likeness (QED) is 0.475. The molecule has 0 heterocycles. The van der Waals surface area contributed by atoms with Gasteiger partial charge in [-0.05, 0) is 12.1 Å². The lowest BCUT2D eigenvalue weighted by Crippen LogP contribution is -2.25. The van der Waals surface area contributed by atoms with E-state index in [1.807, 2.05) is 0 Å². The lowest BCUT2D eigenvalue weighted by Gasteiger charge is -2.15. The molecule has 1 aromatic carbocycles. The number of rotatable bonds is 5. The van der Waals surface area contributed by atoms with Crippen molar-refractivity contribution in [2.75, 3.05) is 19.5 Å². The molecule has 0 bridgehead atoms. The highest BCUT2D eigenvalue weighted by atomic mass is 19.4. The number of esters is 2. The van der Waals surface area contributed by atoms with E-state index in [1.165, 1.54) is 0 Å². The Morgan fingerprint density at radius 3 is 2.29 bits per heavy atom. The third kappa shape index (κ3) is 4.48. The van der Waals surface area contributed by atoms with Crippen LogP contribution in [-0.2, 0) is 19.1 Å². The second-order valence-corrected chi connectivity index (χ2v) is 4.22. The average molecular weight is 347 g/mol. The first-order valence-corrected chi connectivity index (χ1v) is 6.20. The van der Waals surface area contributed by atoms with Crippen molar-refractivity contribution in [2.45, 2.75) is 6.18 Å². The summed E-state index contributed by atoms with van der Waals surface area (Å²) in [5.74, 6) is -5.38. The van der Waals surface area contributed by atoms with Crippen LogP contribution in [0.25, 0.3) is 0 Å². The molecule has 1 rings (SSSR count). The summed E-state index contributed by atoms with van der Waals surface area (Å²) in [6.45, 7) is 0. The number of hydrogen-bond acceptors (Lipinski definition) is 7. The molecule has 24 heavy (non-hydrogen) atoms. The molecular formula is C14H12F3NO6. The highest BCUT2D eigenvalue weighted by Crippen LogP contribution is 2.33. The van der Waals surface area contributed by atoms with Crippen LogP contribution in [0.3, 0.4) is 0 Å². The van der Waals surface area contributed by atoms with Crippen LogP contribution in [0.4, 0.5) is 18.9 Å². The molecule has 0 fully saturated rings. The van der Waals surface area contributed by atoms with Crippen LogP contribution in [0.1, 0.15) is 10.4 Å². The summed E-state index contributed by atoms with van der Waals surface area (Å²) in [4.78, 5) is 34.3. The largest absolute Gasteiger partial charge is 0.507 e. The van der Waals surface area contributed by atoms with Crippen molar-refractivity contribution in [3.8, 4) is 5.75 Å². The monoisotopic (exact) mass is 347 g/mol. The third-order valence-corrected chi connectivity index (χ3v) is 2.67. The van der Waals surface area contributed by atoms with Crippen molar-refractivity contribution in [1.82, 2.24) is 0 Å². The summed E-state index contributed by atoms with van der Waals surface area (Å²) < 4.78 is 46.6. The fourth-order valence-corrected chi connectivity index (χ4v) is 1.60. The number of phenolic OH excluding ortho intramolecular Hbond substituents is 1. The van der Waals surface area contributed by atoms with E-state index in [1.54, 1.807) is 0 Å². The maximum Gasteiger partial charge on any atom is 0.455 e. The van der Waals surface area contributed by atoms with Crippen LogP contribution in [0, 0.1) is 0 Å². The Bertz CT molecular complexity index is 696. The molecule has 10 heteroatoms. The van der Waals surface area contributed by atoms with Crippen molar-refractivity contribution in [2.24, 2.45) is 0 Å². The lowest BCUT2D eigenvalue weighted by atomic mass is 10.1. The smallest absolute Gasteiger partial charge is 0.455 e. The predicted octanol–water partition coefficient (Wildman–Crippen LogP) is 1.78. The number of hydrogen-bond donors (Lipinski definition) is 2. The number of halogens is 3. The highest BCUT2D eigenvalue weighted by Gasteiger charge is 2.42. The molecule has 0 spiro atoms. The molecule has 2 N–H and O–H groups in total. The number of ether oxygens (including phenoxy) is 2. The number of anilines is 1. The van der Waals surface area contributed by atoms with Crippen LogP contribution in [-0.4, -0.2) is 43.2 Å². The van der Waals surface area contributed by atoms with Gasteiger partial charge < -0.3 is 19.9 Å². The van der Waals surface area contributed by atoms with Gasteiger partial charge in [-0.1, -0.05) is 6.07 Å². The van der Waals surface area contributed by atoms with Crippen LogP contribution >= 0.6 is 0 Å². The molecule has 0 saturated carbocycles. The summed E-state index contributed by atoms with van der Waals surface area (Å²) in [6.07, 6.45) is -4.63. The third-order valence-electron chi connectivity index (χ3n) is 2.67. The van der Waals surface area contributed by atoms with Gasteiger partial charge in [-0.3, -0.25) is 4.79 Å². The Morgan fingerprint density at radius 2 is 1.79 bits per heavy atom. The molecule has 1 aromatic rings. The number of aromatic hydroxyl groups is 1. The number of phenols is 1. The van der Waals surface area contributed by atoms with Crippen molar-refractivity contribution < 1.29 is 42.1 Å². The average Bonchev–Trinajstić information content (AvgIpc) is 2.52. The number of carbonyl (C=O) groups is 3. The van der Waals surface area contributed by atoms with E-state index in [9.17, 15) is 32.7 Å². The number of carbonyl (C=O) groups excluding carboxylic acids is 3. The standard InChI is InChI=1S/C14H12F3NO6/c1-23-10(20)6-8(13(22)24-2)18-7-4-3-5-9(19)11(7)12(21)14(15,16)17/h3-6,18-19H,1-2H3/b8-6+. The van der Waals surface area contributed by atoms with Gasteiger partial charge in [0.05, 0.1) is 31.5 Å². The zero-order valence-electron chi connectivity index (χ0n) is 12.4. The molecule has 0 radical (unpaired) electrons. The summed E-state index contributed by atoms with van der Waals surface area (Å²) in [7, 11) is 1.99. The minimum Gasteiger partial charge on any atom is -0.507 e. The molecule has 0 aliphatic heterocycles. The van der Waals surface area contributed by atoms with Crippen molar-refractivity contribution >= 4 is 23.4 Å².